The van der Waals surface area contributed by atoms with Gasteiger partial charge in [-0.15, -0.1) is 0 Å². The van der Waals surface area contributed by atoms with Crippen LogP contribution in [0, 0.1) is 0 Å². The summed E-state index contributed by atoms with van der Waals surface area (Å²) in [7, 11) is 0. The van der Waals surface area contributed by atoms with Gasteiger partial charge in [-0.05, 0) is 17.7 Å². The van der Waals surface area contributed by atoms with Crippen LogP contribution in [0.25, 0.3) is 0 Å². The molecule has 1 aliphatic rings. The van der Waals surface area contributed by atoms with Gasteiger partial charge in [-0.1, -0.05) is 12.1 Å². The van der Waals surface area contributed by atoms with E-state index in [0.717, 1.165) is 5.56 Å². The normalized spacial score (nSPS) is 32.6. The molecule has 0 bridgehead atoms. The van der Waals surface area contributed by atoms with Crippen molar-refractivity contribution in [1.82, 2.24) is 0 Å². The molecule has 0 saturated heterocycles. The Bertz CT molecular complexity index is 303. The molecule has 1 fully saturated rings. The van der Waals surface area contributed by atoms with E-state index in [0.29, 0.717) is 12.8 Å². The molecule has 0 radical (unpaired) electrons. The molecule has 0 heterocycles. The average Bonchev–Trinajstić information content (AvgIpc) is 2.03. The zero-order valence-corrected chi connectivity index (χ0v) is 7.20. The van der Waals surface area contributed by atoms with Crippen molar-refractivity contribution in [2.24, 2.45) is 5.73 Å². The Kier molecular flexibility index (Phi) is 1.77. The van der Waals surface area contributed by atoms with Crippen molar-refractivity contribution >= 4 is 0 Å². The van der Waals surface area contributed by atoms with Gasteiger partial charge in [0.1, 0.15) is 11.9 Å². The molecule has 0 spiro atoms. The van der Waals surface area contributed by atoms with Crippen LogP contribution in [-0.4, -0.2) is 11.3 Å². The fraction of sp³-hybridized carbons (Fsp3) is 0.400. The summed E-state index contributed by atoms with van der Waals surface area (Å²) in [6.07, 6.45) is 0.00837. The van der Waals surface area contributed by atoms with E-state index < -0.39 is 11.7 Å². The van der Waals surface area contributed by atoms with Gasteiger partial charge < -0.3 is 10.8 Å². The third kappa shape index (κ3) is 1.40. The number of hydrogen-bond donors (Lipinski definition) is 2. The lowest BCUT2D eigenvalue weighted by Crippen LogP contribution is -2.50. The lowest BCUT2D eigenvalue weighted by Gasteiger charge is -2.41. The van der Waals surface area contributed by atoms with E-state index in [1.807, 2.05) is 0 Å². The monoisotopic (exact) mass is 181 g/mol. The van der Waals surface area contributed by atoms with Gasteiger partial charge in [-0.3, -0.25) is 0 Å². The zero-order chi connectivity index (χ0) is 9.47. The number of nitrogens with two attached hydrogens (primary N) is 1. The number of hydrogen-bond acceptors (Lipinski definition) is 2. The summed E-state index contributed by atoms with van der Waals surface area (Å²) in [5.74, 6) is 0.212. The molecular formula is C10H12FNO. The van der Waals surface area contributed by atoms with E-state index >= 15 is 0 Å². The number of rotatable bonds is 1. The topological polar surface area (TPSA) is 46.2 Å². The van der Waals surface area contributed by atoms with Crippen molar-refractivity contribution in [2.45, 2.75) is 24.6 Å². The molecule has 1 aliphatic carbocycles. The number of halogens is 1. The summed E-state index contributed by atoms with van der Waals surface area (Å²) in [5, 5.41) is 9.05. The fourth-order valence-electron chi connectivity index (χ4n) is 1.76. The average molecular weight is 181 g/mol. The lowest BCUT2D eigenvalue weighted by atomic mass is 9.71. The van der Waals surface area contributed by atoms with Gasteiger partial charge >= 0.3 is 0 Å². The molecule has 3 heteroatoms. The number of benzene rings is 1. The van der Waals surface area contributed by atoms with Crippen molar-refractivity contribution in [3.05, 3.63) is 29.8 Å². The Morgan fingerprint density at radius 1 is 1.31 bits per heavy atom. The standard InChI is InChI=1S/C10H12FNO/c11-8-5-10(12,6-8)7-1-3-9(13)4-2-7/h1-4,8,13H,5-6,12H2. The molecule has 3 N–H and O–H groups in total. The molecule has 0 unspecified atom stereocenters. The number of aromatic hydroxyl groups is 1. The van der Waals surface area contributed by atoms with E-state index in [2.05, 4.69) is 0 Å². The van der Waals surface area contributed by atoms with Crippen LogP contribution in [0.4, 0.5) is 4.39 Å². The van der Waals surface area contributed by atoms with Crippen LogP contribution in [-0.2, 0) is 5.54 Å². The van der Waals surface area contributed by atoms with Gasteiger partial charge in [0, 0.05) is 18.4 Å². The Morgan fingerprint density at radius 2 is 1.85 bits per heavy atom. The van der Waals surface area contributed by atoms with E-state index in [-0.39, 0.29) is 5.75 Å². The minimum atomic E-state index is -0.765. The SMILES string of the molecule is NC1(c2ccc(O)cc2)CC(F)C1. The van der Waals surface area contributed by atoms with Gasteiger partial charge in [0.2, 0.25) is 0 Å². The molecule has 70 valence electrons. The second kappa shape index (κ2) is 2.70. The van der Waals surface area contributed by atoms with Crippen molar-refractivity contribution in [1.29, 1.82) is 0 Å². The maximum atomic E-state index is 12.6. The molecule has 0 amide bonds. The zero-order valence-electron chi connectivity index (χ0n) is 7.20. The van der Waals surface area contributed by atoms with Crippen LogP contribution in [0.5, 0.6) is 5.75 Å². The maximum absolute atomic E-state index is 12.6. The first kappa shape index (κ1) is 8.51. The third-order valence-corrected chi connectivity index (χ3v) is 2.61. The number of phenols is 1. The fourth-order valence-corrected chi connectivity index (χ4v) is 1.76. The van der Waals surface area contributed by atoms with Crippen molar-refractivity contribution in [3.63, 3.8) is 0 Å². The highest BCUT2D eigenvalue weighted by molar-refractivity contribution is 5.32. The van der Waals surface area contributed by atoms with Crippen molar-refractivity contribution in [3.8, 4) is 5.75 Å². The molecule has 0 aliphatic heterocycles. The van der Waals surface area contributed by atoms with E-state index in [9.17, 15) is 4.39 Å². The molecule has 1 aromatic rings. The predicted molar refractivity (Wildman–Crippen MR) is 48.1 cm³/mol. The first-order valence-corrected chi connectivity index (χ1v) is 4.33. The number of phenolic OH excluding ortho intramolecular Hbond substituents is 1. The quantitative estimate of drug-likeness (QED) is 0.692. The molecule has 1 saturated carbocycles. The number of alkyl halides is 1. The second-order valence-corrected chi connectivity index (χ2v) is 3.71. The Hall–Kier alpha value is -1.09. The molecule has 0 aromatic heterocycles. The minimum absolute atomic E-state index is 0.212. The summed E-state index contributed by atoms with van der Waals surface area (Å²) in [4.78, 5) is 0. The highest BCUT2D eigenvalue weighted by Gasteiger charge is 2.42. The van der Waals surface area contributed by atoms with Gasteiger partial charge in [0.05, 0.1) is 0 Å². The largest absolute Gasteiger partial charge is 0.508 e. The van der Waals surface area contributed by atoms with Crippen LogP contribution in [0.2, 0.25) is 0 Å². The van der Waals surface area contributed by atoms with Gasteiger partial charge in [-0.2, -0.15) is 0 Å². The van der Waals surface area contributed by atoms with Gasteiger partial charge in [0.15, 0.2) is 0 Å². The van der Waals surface area contributed by atoms with Crippen LogP contribution in [0.3, 0.4) is 0 Å². The van der Waals surface area contributed by atoms with E-state index in [1.54, 1.807) is 24.3 Å². The van der Waals surface area contributed by atoms with Gasteiger partial charge in [-0.25, -0.2) is 4.39 Å². The summed E-state index contributed by atoms with van der Waals surface area (Å²) in [6.45, 7) is 0. The maximum Gasteiger partial charge on any atom is 0.115 e. The van der Waals surface area contributed by atoms with E-state index in [1.165, 1.54) is 0 Å². The molecule has 1 aromatic carbocycles. The molecular weight excluding hydrogens is 169 g/mol. The van der Waals surface area contributed by atoms with Crippen LogP contribution in [0.15, 0.2) is 24.3 Å². The second-order valence-electron chi connectivity index (χ2n) is 3.71. The van der Waals surface area contributed by atoms with E-state index in [4.69, 9.17) is 10.8 Å². The summed E-state index contributed by atoms with van der Waals surface area (Å²) < 4.78 is 12.6. The highest BCUT2D eigenvalue weighted by atomic mass is 19.1. The van der Waals surface area contributed by atoms with Crippen molar-refractivity contribution < 1.29 is 9.50 Å². The highest BCUT2D eigenvalue weighted by Crippen LogP contribution is 2.41. The van der Waals surface area contributed by atoms with Crippen LogP contribution < -0.4 is 5.73 Å². The van der Waals surface area contributed by atoms with Crippen molar-refractivity contribution in [2.75, 3.05) is 0 Å². The Morgan fingerprint density at radius 3 is 2.31 bits per heavy atom. The predicted octanol–water partition coefficient (Wildman–Crippen LogP) is 1.68. The first-order chi connectivity index (χ1) is 6.10. The van der Waals surface area contributed by atoms with Crippen LogP contribution >= 0.6 is 0 Å². The molecule has 2 nitrogen and oxygen atoms in total. The summed E-state index contributed by atoms with van der Waals surface area (Å²) in [6, 6.07) is 6.66. The lowest BCUT2D eigenvalue weighted by molar-refractivity contribution is 0.0985. The Balaban J connectivity index is 2.22. The van der Waals surface area contributed by atoms with Gasteiger partial charge in [0.25, 0.3) is 0 Å². The molecule has 0 atom stereocenters. The Labute approximate surface area is 76.2 Å². The summed E-state index contributed by atoms with van der Waals surface area (Å²) in [5.41, 5.74) is 6.34. The summed E-state index contributed by atoms with van der Waals surface area (Å²) >= 11 is 0. The first-order valence-electron chi connectivity index (χ1n) is 4.33. The third-order valence-electron chi connectivity index (χ3n) is 2.61. The van der Waals surface area contributed by atoms with Crippen LogP contribution in [0.1, 0.15) is 18.4 Å². The minimum Gasteiger partial charge on any atom is -0.508 e. The molecule has 13 heavy (non-hydrogen) atoms. The molecule has 2 rings (SSSR count). The smallest absolute Gasteiger partial charge is 0.115 e.